The number of imidazole rings is 1. The SMILES string of the molecule is Cc1cn2cc([C@]3(C(=O)O)N=C4C=CC(N5CCNC(C)C5)=CN4C(=O)N3)cc(F)c2n1. The number of amides is 2. The number of pyridine rings is 1. The highest BCUT2D eigenvalue weighted by molar-refractivity contribution is 6.10. The van der Waals surface area contributed by atoms with Crippen molar-refractivity contribution in [3.05, 3.63) is 59.6 Å². The maximum Gasteiger partial charge on any atom is 0.357 e. The number of allylic oxidation sites excluding steroid dienone is 1. The Hall–Kier alpha value is -3.73. The highest BCUT2D eigenvalue weighted by Gasteiger charge is 2.48. The van der Waals surface area contributed by atoms with Gasteiger partial charge < -0.3 is 19.7 Å². The fourth-order valence-corrected chi connectivity index (χ4v) is 4.24. The summed E-state index contributed by atoms with van der Waals surface area (Å²) in [7, 11) is 0. The summed E-state index contributed by atoms with van der Waals surface area (Å²) in [4.78, 5) is 37.2. The monoisotopic (exact) mass is 439 g/mol. The molecule has 5 rings (SSSR count). The molecule has 32 heavy (non-hydrogen) atoms. The van der Waals surface area contributed by atoms with Crippen LogP contribution in [0.4, 0.5) is 9.18 Å². The number of hydrogen-bond donors (Lipinski definition) is 3. The van der Waals surface area contributed by atoms with Crippen LogP contribution < -0.4 is 10.6 Å². The van der Waals surface area contributed by atoms with E-state index in [0.29, 0.717) is 11.7 Å². The molecular formula is C21H22FN7O3. The van der Waals surface area contributed by atoms with Crippen LogP contribution in [0.2, 0.25) is 0 Å². The molecule has 0 radical (unpaired) electrons. The van der Waals surface area contributed by atoms with E-state index in [-0.39, 0.29) is 17.0 Å². The lowest BCUT2D eigenvalue weighted by Crippen LogP contribution is -2.60. The van der Waals surface area contributed by atoms with Crippen LogP contribution in [-0.4, -0.2) is 67.8 Å². The van der Waals surface area contributed by atoms with E-state index in [1.54, 1.807) is 25.4 Å². The van der Waals surface area contributed by atoms with Crippen molar-refractivity contribution >= 4 is 23.5 Å². The number of carbonyl (C=O) groups is 2. The van der Waals surface area contributed by atoms with E-state index in [1.807, 2.05) is 6.08 Å². The van der Waals surface area contributed by atoms with Crippen LogP contribution in [0.3, 0.4) is 0 Å². The second-order valence-corrected chi connectivity index (χ2v) is 8.16. The minimum atomic E-state index is -2.17. The number of urea groups is 1. The molecule has 1 unspecified atom stereocenters. The zero-order valence-electron chi connectivity index (χ0n) is 17.5. The Morgan fingerprint density at radius 1 is 1.34 bits per heavy atom. The Labute approximate surface area is 182 Å². The molecule has 0 aliphatic carbocycles. The van der Waals surface area contributed by atoms with Crippen LogP contribution in [0, 0.1) is 12.7 Å². The number of amidine groups is 1. The number of carboxylic acid groups (broad SMARTS) is 1. The minimum Gasteiger partial charge on any atom is -0.478 e. The van der Waals surface area contributed by atoms with Gasteiger partial charge in [0.15, 0.2) is 11.5 Å². The number of aliphatic imine (C=N–C) groups is 1. The summed E-state index contributed by atoms with van der Waals surface area (Å²) in [5.41, 5.74) is -0.719. The van der Waals surface area contributed by atoms with E-state index >= 15 is 0 Å². The van der Waals surface area contributed by atoms with Gasteiger partial charge in [0.1, 0.15) is 5.84 Å². The number of fused-ring (bicyclic) bond motifs is 2. The standard InChI is InChI=1S/C21H22FN7O3/c1-12-8-27(6-5-23-12)15-3-4-17-25-21(19(30)31,26-20(32)29(17)11-15)14-7-16(22)18-24-13(2)9-28(18)10-14/h3-4,7,9-12,23H,5-6,8H2,1-2H3,(H,26,32)(H,30,31)/t12?,21-/m0/s1. The molecule has 10 nitrogen and oxygen atoms in total. The molecule has 3 aliphatic rings. The molecule has 1 saturated heterocycles. The molecule has 0 saturated carbocycles. The van der Waals surface area contributed by atoms with E-state index in [1.165, 1.54) is 15.5 Å². The van der Waals surface area contributed by atoms with Gasteiger partial charge in [0.25, 0.3) is 5.66 Å². The molecule has 2 aromatic heterocycles. The molecule has 3 aliphatic heterocycles. The number of piperazine rings is 1. The predicted octanol–water partition coefficient (Wildman–Crippen LogP) is 1.15. The fourth-order valence-electron chi connectivity index (χ4n) is 4.24. The lowest BCUT2D eigenvalue weighted by molar-refractivity contribution is -0.144. The van der Waals surface area contributed by atoms with E-state index in [9.17, 15) is 19.1 Å². The zero-order chi connectivity index (χ0) is 22.6. The van der Waals surface area contributed by atoms with Gasteiger partial charge >= 0.3 is 12.0 Å². The molecule has 2 aromatic rings. The predicted molar refractivity (Wildman–Crippen MR) is 113 cm³/mol. The van der Waals surface area contributed by atoms with Gasteiger partial charge in [0.2, 0.25) is 0 Å². The topological polar surface area (TPSA) is 115 Å². The van der Waals surface area contributed by atoms with Crippen molar-refractivity contribution in [2.24, 2.45) is 4.99 Å². The molecule has 3 N–H and O–H groups in total. The molecular weight excluding hydrogens is 417 g/mol. The summed E-state index contributed by atoms with van der Waals surface area (Å²) in [6.45, 7) is 6.17. The number of aliphatic carboxylic acids is 1. The van der Waals surface area contributed by atoms with Crippen molar-refractivity contribution in [1.29, 1.82) is 0 Å². The smallest absolute Gasteiger partial charge is 0.357 e. The highest BCUT2D eigenvalue weighted by atomic mass is 19.1. The van der Waals surface area contributed by atoms with Gasteiger partial charge in [0, 0.05) is 49.8 Å². The van der Waals surface area contributed by atoms with Crippen molar-refractivity contribution in [2.45, 2.75) is 25.6 Å². The average Bonchev–Trinajstić information content (AvgIpc) is 3.14. The molecule has 2 atom stereocenters. The second kappa shape index (κ2) is 7.16. The van der Waals surface area contributed by atoms with Crippen molar-refractivity contribution in [3.8, 4) is 0 Å². The highest BCUT2D eigenvalue weighted by Crippen LogP contribution is 2.31. The van der Waals surface area contributed by atoms with E-state index in [4.69, 9.17) is 0 Å². The molecule has 11 heteroatoms. The number of hydrogen-bond acceptors (Lipinski definition) is 6. The summed E-state index contributed by atoms with van der Waals surface area (Å²) in [5.74, 6) is -1.97. The summed E-state index contributed by atoms with van der Waals surface area (Å²) in [6, 6.07) is 0.690. The summed E-state index contributed by atoms with van der Waals surface area (Å²) >= 11 is 0. The number of rotatable bonds is 3. The van der Waals surface area contributed by atoms with Crippen molar-refractivity contribution in [3.63, 3.8) is 0 Å². The van der Waals surface area contributed by atoms with Gasteiger partial charge in [0.05, 0.1) is 11.4 Å². The van der Waals surface area contributed by atoms with Gasteiger partial charge in [-0.1, -0.05) is 0 Å². The lowest BCUT2D eigenvalue weighted by Gasteiger charge is -2.39. The van der Waals surface area contributed by atoms with Crippen LogP contribution in [0.15, 0.2) is 47.5 Å². The maximum atomic E-state index is 14.7. The Bertz CT molecular complexity index is 1230. The first-order chi connectivity index (χ1) is 15.3. The Balaban J connectivity index is 1.56. The van der Waals surface area contributed by atoms with Gasteiger partial charge in [-0.3, -0.25) is 10.2 Å². The number of aromatic nitrogens is 2. The third-order valence-corrected chi connectivity index (χ3v) is 5.79. The Kier molecular flexibility index (Phi) is 4.52. The number of nitrogens with zero attached hydrogens (tertiary/aromatic N) is 5. The number of nitrogens with one attached hydrogen (secondary N) is 2. The van der Waals surface area contributed by atoms with Gasteiger partial charge in [-0.2, -0.15) is 0 Å². The average molecular weight is 439 g/mol. The van der Waals surface area contributed by atoms with E-state index in [2.05, 4.69) is 32.4 Å². The molecule has 2 amide bonds. The summed E-state index contributed by atoms with van der Waals surface area (Å²) in [6.07, 6.45) is 8.05. The first-order valence-electron chi connectivity index (χ1n) is 10.2. The quantitative estimate of drug-likeness (QED) is 0.661. The molecule has 5 heterocycles. The summed E-state index contributed by atoms with van der Waals surface area (Å²) in [5, 5.41) is 15.9. The molecule has 0 spiro atoms. The third-order valence-electron chi connectivity index (χ3n) is 5.79. The van der Waals surface area contributed by atoms with Crippen molar-refractivity contribution in [2.75, 3.05) is 19.6 Å². The maximum absolute atomic E-state index is 14.7. The van der Waals surface area contributed by atoms with Crippen LogP contribution in [0.5, 0.6) is 0 Å². The molecule has 166 valence electrons. The van der Waals surface area contributed by atoms with Crippen molar-refractivity contribution < 1.29 is 19.1 Å². The normalized spacial score (nSPS) is 25.3. The molecule has 1 fully saturated rings. The van der Waals surface area contributed by atoms with Crippen LogP contribution in [-0.2, 0) is 10.5 Å². The number of aryl methyl sites for hydroxylation is 1. The molecule has 0 aromatic carbocycles. The van der Waals surface area contributed by atoms with Crippen LogP contribution >= 0.6 is 0 Å². The van der Waals surface area contributed by atoms with Crippen LogP contribution in [0.1, 0.15) is 18.2 Å². The van der Waals surface area contributed by atoms with Gasteiger partial charge in [-0.05, 0) is 32.1 Å². The third kappa shape index (κ3) is 3.12. The minimum absolute atomic E-state index is 0.0213. The molecule has 0 bridgehead atoms. The van der Waals surface area contributed by atoms with E-state index in [0.717, 1.165) is 31.4 Å². The second-order valence-electron chi connectivity index (χ2n) is 8.16. The fraction of sp³-hybridized carbons (Fsp3) is 0.333. The number of carboxylic acids is 1. The Morgan fingerprint density at radius 2 is 2.16 bits per heavy atom. The number of carbonyl (C=O) groups excluding carboxylic acids is 1. The van der Waals surface area contributed by atoms with Gasteiger partial charge in [-0.15, -0.1) is 0 Å². The summed E-state index contributed by atoms with van der Waals surface area (Å²) < 4.78 is 16.1. The number of halogens is 1. The van der Waals surface area contributed by atoms with Crippen molar-refractivity contribution in [1.82, 2.24) is 29.8 Å². The van der Waals surface area contributed by atoms with Crippen LogP contribution in [0.25, 0.3) is 5.65 Å². The van der Waals surface area contributed by atoms with E-state index < -0.39 is 23.5 Å². The largest absolute Gasteiger partial charge is 0.478 e. The first-order valence-corrected chi connectivity index (χ1v) is 10.2. The first kappa shape index (κ1) is 20.2. The lowest BCUT2D eigenvalue weighted by atomic mass is 10.00. The van der Waals surface area contributed by atoms with Gasteiger partial charge in [-0.25, -0.2) is 24.0 Å². The Morgan fingerprint density at radius 3 is 2.91 bits per heavy atom. The zero-order valence-corrected chi connectivity index (χ0v) is 17.5.